The molecular formula is C20H27F3N2O3S. The summed E-state index contributed by atoms with van der Waals surface area (Å²) in [6.45, 7) is 7.46. The van der Waals surface area contributed by atoms with Crippen LogP contribution < -0.4 is 0 Å². The minimum atomic E-state index is -5.08. The van der Waals surface area contributed by atoms with Gasteiger partial charge >= 0.3 is 12.1 Å². The van der Waals surface area contributed by atoms with E-state index >= 15 is 0 Å². The van der Waals surface area contributed by atoms with E-state index in [9.17, 15) is 18.0 Å². The topological polar surface area (TPSA) is 60.9 Å². The summed E-state index contributed by atoms with van der Waals surface area (Å²) in [7, 11) is 0. The van der Waals surface area contributed by atoms with Crippen LogP contribution in [0.2, 0.25) is 0 Å². The van der Waals surface area contributed by atoms with Gasteiger partial charge in [-0.25, -0.2) is 4.79 Å². The summed E-state index contributed by atoms with van der Waals surface area (Å²) in [5.74, 6) is -1.46. The fourth-order valence-electron chi connectivity index (χ4n) is 4.07. The molecule has 2 saturated heterocycles. The summed E-state index contributed by atoms with van der Waals surface area (Å²) in [5, 5.41) is 7.12. The number of likely N-dealkylation sites (tertiary alicyclic amines) is 2. The molecule has 0 aromatic carbocycles. The summed E-state index contributed by atoms with van der Waals surface area (Å²) >= 11 is 1.90. The number of hydrogen-bond acceptors (Lipinski definition) is 4. The van der Waals surface area contributed by atoms with Gasteiger partial charge in [-0.1, -0.05) is 0 Å². The summed E-state index contributed by atoms with van der Waals surface area (Å²) in [6.07, 6.45) is 0.828. The van der Waals surface area contributed by atoms with Crippen molar-refractivity contribution >= 4 is 23.2 Å². The van der Waals surface area contributed by atoms with Crippen LogP contribution in [0.1, 0.15) is 41.9 Å². The summed E-state index contributed by atoms with van der Waals surface area (Å²) < 4.78 is 31.7. The molecule has 3 aliphatic rings. The van der Waals surface area contributed by atoms with E-state index in [0.717, 1.165) is 57.9 Å². The van der Waals surface area contributed by atoms with Crippen LogP contribution in [0.5, 0.6) is 0 Å². The molecule has 0 unspecified atom stereocenters. The molecule has 1 spiro atoms. The van der Waals surface area contributed by atoms with Crippen LogP contribution in [0.3, 0.4) is 0 Å². The average Bonchev–Trinajstić information content (AvgIpc) is 3.31. The van der Waals surface area contributed by atoms with Crippen molar-refractivity contribution in [1.82, 2.24) is 9.80 Å². The SMILES string of the molecule is Cc1ccc(CN2CCC3(CC2)CCN(CC2CC2)C3=O)s1.O=C(O)C(F)(F)F. The van der Waals surface area contributed by atoms with E-state index in [1.165, 1.54) is 22.6 Å². The fraction of sp³-hybridized carbons (Fsp3) is 0.700. The molecule has 0 radical (unpaired) electrons. The highest BCUT2D eigenvalue weighted by atomic mass is 32.1. The number of piperidine rings is 1. The average molecular weight is 433 g/mol. The van der Waals surface area contributed by atoms with E-state index in [2.05, 4.69) is 28.9 Å². The first-order chi connectivity index (χ1) is 13.6. The first kappa shape index (κ1) is 22.1. The molecule has 162 valence electrons. The fourth-order valence-corrected chi connectivity index (χ4v) is 5.01. The highest BCUT2D eigenvalue weighted by molar-refractivity contribution is 7.11. The number of carboxylic acids is 1. The van der Waals surface area contributed by atoms with E-state index in [1.54, 1.807) is 0 Å². The minimum Gasteiger partial charge on any atom is -0.475 e. The van der Waals surface area contributed by atoms with Gasteiger partial charge in [0, 0.05) is 29.4 Å². The van der Waals surface area contributed by atoms with E-state index in [4.69, 9.17) is 9.90 Å². The lowest BCUT2D eigenvalue weighted by molar-refractivity contribution is -0.192. The normalized spacial score (nSPS) is 21.9. The molecule has 1 aromatic rings. The Labute approximate surface area is 172 Å². The Bertz CT molecular complexity index is 738. The molecule has 0 atom stereocenters. The Morgan fingerprint density at radius 1 is 1.21 bits per heavy atom. The molecule has 2 aliphatic heterocycles. The first-order valence-electron chi connectivity index (χ1n) is 9.96. The van der Waals surface area contributed by atoms with Crippen LogP contribution in [0.15, 0.2) is 12.1 Å². The molecule has 1 aliphatic carbocycles. The van der Waals surface area contributed by atoms with Crippen LogP contribution in [0, 0.1) is 18.3 Å². The zero-order chi connectivity index (χ0) is 21.2. The lowest BCUT2D eigenvalue weighted by Crippen LogP contribution is -2.44. The largest absolute Gasteiger partial charge is 0.490 e. The predicted octanol–water partition coefficient (Wildman–Crippen LogP) is 3.91. The molecule has 1 N–H and O–H groups in total. The number of carboxylic acid groups (broad SMARTS) is 1. The van der Waals surface area contributed by atoms with Gasteiger partial charge in [0.15, 0.2) is 0 Å². The zero-order valence-electron chi connectivity index (χ0n) is 16.5. The molecule has 1 aromatic heterocycles. The van der Waals surface area contributed by atoms with Crippen molar-refractivity contribution in [2.24, 2.45) is 11.3 Å². The van der Waals surface area contributed by atoms with Gasteiger partial charge < -0.3 is 10.0 Å². The quantitative estimate of drug-likeness (QED) is 0.784. The van der Waals surface area contributed by atoms with Crippen LogP contribution in [-0.2, 0) is 16.1 Å². The third kappa shape index (κ3) is 5.72. The summed E-state index contributed by atoms with van der Waals surface area (Å²) in [5.41, 5.74) is -0.00322. The van der Waals surface area contributed by atoms with Crippen molar-refractivity contribution in [3.05, 3.63) is 21.9 Å². The van der Waals surface area contributed by atoms with Crippen molar-refractivity contribution in [3.8, 4) is 0 Å². The molecule has 29 heavy (non-hydrogen) atoms. The zero-order valence-corrected chi connectivity index (χ0v) is 17.3. The van der Waals surface area contributed by atoms with Crippen LogP contribution in [0.25, 0.3) is 0 Å². The third-order valence-electron chi connectivity index (χ3n) is 6.01. The number of nitrogens with zero attached hydrogens (tertiary/aromatic N) is 2. The van der Waals surface area contributed by atoms with Crippen LogP contribution >= 0.6 is 11.3 Å². The third-order valence-corrected chi connectivity index (χ3v) is 6.99. The number of thiophene rings is 1. The summed E-state index contributed by atoms with van der Waals surface area (Å²) in [4.78, 5) is 29.3. The van der Waals surface area contributed by atoms with Gasteiger partial charge in [-0.15, -0.1) is 11.3 Å². The number of hydrogen-bond donors (Lipinski definition) is 1. The smallest absolute Gasteiger partial charge is 0.475 e. The molecule has 3 fully saturated rings. The number of alkyl halides is 3. The van der Waals surface area contributed by atoms with Crippen molar-refractivity contribution in [2.75, 3.05) is 26.2 Å². The summed E-state index contributed by atoms with van der Waals surface area (Å²) in [6, 6.07) is 4.46. The number of amides is 1. The standard InChI is InChI=1S/C18H26N2OS.C2HF3O2/c1-14-2-5-16(22-14)13-19-9-6-18(7-10-19)8-11-20(17(18)21)12-15-3-4-15;3-2(4,5)1(6)7/h2,5,15H,3-4,6-13H2,1H3;(H,6,7). The van der Waals surface area contributed by atoms with Gasteiger partial charge in [0.1, 0.15) is 0 Å². The number of aliphatic carboxylic acids is 1. The van der Waals surface area contributed by atoms with E-state index < -0.39 is 12.1 Å². The molecule has 9 heteroatoms. The lowest BCUT2D eigenvalue weighted by atomic mass is 9.77. The van der Waals surface area contributed by atoms with Gasteiger partial charge in [0.25, 0.3) is 0 Å². The van der Waals surface area contributed by atoms with Crippen LogP contribution in [0.4, 0.5) is 13.2 Å². The van der Waals surface area contributed by atoms with Crippen molar-refractivity contribution < 1.29 is 27.9 Å². The van der Waals surface area contributed by atoms with Gasteiger partial charge in [0.05, 0.1) is 5.41 Å². The maximum absolute atomic E-state index is 12.8. The molecule has 4 rings (SSSR count). The van der Waals surface area contributed by atoms with Gasteiger partial charge in [-0.05, 0) is 70.2 Å². The van der Waals surface area contributed by atoms with Crippen molar-refractivity contribution in [3.63, 3.8) is 0 Å². The second-order valence-electron chi connectivity index (χ2n) is 8.32. The Balaban J connectivity index is 0.000000298. The molecule has 5 nitrogen and oxygen atoms in total. The Morgan fingerprint density at radius 2 is 1.79 bits per heavy atom. The second kappa shape index (κ2) is 8.63. The van der Waals surface area contributed by atoms with Gasteiger partial charge in [-0.2, -0.15) is 13.2 Å². The Morgan fingerprint density at radius 3 is 2.28 bits per heavy atom. The molecule has 1 saturated carbocycles. The number of carbonyl (C=O) groups excluding carboxylic acids is 1. The maximum Gasteiger partial charge on any atom is 0.490 e. The molecule has 3 heterocycles. The van der Waals surface area contributed by atoms with Crippen LogP contribution in [-0.4, -0.2) is 59.1 Å². The minimum absolute atomic E-state index is 0.00322. The highest BCUT2D eigenvalue weighted by Crippen LogP contribution is 2.43. The Kier molecular flexibility index (Phi) is 6.57. The highest BCUT2D eigenvalue weighted by Gasteiger charge is 2.48. The van der Waals surface area contributed by atoms with Gasteiger partial charge in [0.2, 0.25) is 5.91 Å². The number of rotatable bonds is 4. The lowest BCUT2D eigenvalue weighted by Gasteiger charge is -2.37. The number of aryl methyl sites for hydroxylation is 1. The number of halogens is 3. The molecular weight excluding hydrogens is 405 g/mol. The molecule has 0 bridgehead atoms. The first-order valence-corrected chi connectivity index (χ1v) is 10.8. The monoisotopic (exact) mass is 432 g/mol. The number of carbonyl (C=O) groups is 2. The predicted molar refractivity (Wildman–Crippen MR) is 104 cm³/mol. The maximum atomic E-state index is 12.8. The van der Waals surface area contributed by atoms with Crippen molar-refractivity contribution in [1.29, 1.82) is 0 Å². The second-order valence-corrected chi connectivity index (χ2v) is 9.69. The Hall–Kier alpha value is -1.61. The molecule has 1 amide bonds. The van der Waals surface area contributed by atoms with Gasteiger partial charge in [-0.3, -0.25) is 9.69 Å². The van der Waals surface area contributed by atoms with E-state index in [0.29, 0.717) is 5.91 Å². The van der Waals surface area contributed by atoms with Crippen molar-refractivity contribution in [2.45, 2.75) is 51.7 Å². The van der Waals surface area contributed by atoms with E-state index in [1.807, 2.05) is 11.3 Å². The van der Waals surface area contributed by atoms with E-state index in [-0.39, 0.29) is 5.41 Å².